The standard InChI is InChI=1S/C16H20ClN3/c17-16-11-4-1-2-5-12(11)19-14(16)10-18-13-7-9-20-8-3-6-15(13)20/h1-2,4-5,13,15,18-19H,3,6-10H2. The van der Waals surface area contributed by atoms with E-state index in [2.05, 4.69) is 27.3 Å². The summed E-state index contributed by atoms with van der Waals surface area (Å²) in [6.45, 7) is 3.38. The van der Waals surface area contributed by atoms with Crippen LogP contribution < -0.4 is 5.32 Å². The van der Waals surface area contributed by atoms with Crippen LogP contribution in [-0.2, 0) is 6.54 Å². The van der Waals surface area contributed by atoms with Crippen molar-refractivity contribution in [1.82, 2.24) is 15.2 Å². The Bertz CT molecular complexity index is 621. The third kappa shape index (κ3) is 2.05. The Morgan fingerprint density at radius 1 is 1.25 bits per heavy atom. The van der Waals surface area contributed by atoms with Gasteiger partial charge in [-0.3, -0.25) is 4.90 Å². The van der Waals surface area contributed by atoms with Crippen molar-refractivity contribution in [3.8, 4) is 0 Å². The van der Waals surface area contributed by atoms with Gasteiger partial charge in [-0.25, -0.2) is 0 Å². The molecule has 0 bridgehead atoms. The molecule has 0 radical (unpaired) electrons. The maximum Gasteiger partial charge on any atom is 0.0705 e. The average Bonchev–Trinajstić information content (AvgIpc) is 3.13. The van der Waals surface area contributed by atoms with Gasteiger partial charge in [0.15, 0.2) is 0 Å². The van der Waals surface area contributed by atoms with E-state index in [0.29, 0.717) is 6.04 Å². The number of aromatic nitrogens is 1. The summed E-state index contributed by atoms with van der Waals surface area (Å²) in [7, 11) is 0. The second kappa shape index (κ2) is 5.06. The molecular weight excluding hydrogens is 270 g/mol. The summed E-state index contributed by atoms with van der Waals surface area (Å²) in [5.41, 5.74) is 2.24. The van der Waals surface area contributed by atoms with Crippen molar-refractivity contribution in [1.29, 1.82) is 0 Å². The number of para-hydroxylation sites is 1. The molecule has 4 rings (SSSR count). The van der Waals surface area contributed by atoms with Gasteiger partial charge in [0.2, 0.25) is 0 Å². The number of benzene rings is 1. The zero-order chi connectivity index (χ0) is 13.5. The number of nitrogens with one attached hydrogen (secondary N) is 2. The van der Waals surface area contributed by atoms with Crippen molar-refractivity contribution in [3.05, 3.63) is 35.0 Å². The lowest BCUT2D eigenvalue weighted by atomic mass is 10.1. The average molecular weight is 290 g/mol. The van der Waals surface area contributed by atoms with Gasteiger partial charge in [0.1, 0.15) is 0 Å². The van der Waals surface area contributed by atoms with Gasteiger partial charge in [0.25, 0.3) is 0 Å². The first-order chi connectivity index (χ1) is 9.83. The van der Waals surface area contributed by atoms with Crippen LogP contribution in [0.2, 0.25) is 5.02 Å². The second-order valence-corrected chi connectivity index (χ2v) is 6.36. The Balaban J connectivity index is 1.49. The lowest BCUT2D eigenvalue weighted by Gasteiger charge is -2.21. The first kappa shape index (κ1) is 12.7. The molecule has 1 aromatic heterocycles. The fraction of sp³-hybridized carbons (Fsp3) is 0.500. The number of fused-ring (bicyclic) bond motifs is 2. The Hall–Kier alpha value is -1.03. The maximum absolute atomic E-state index is 6.47. The molecule has 0 aliphatic carbocycles. The van der Waals surface area contributed by atoms with Crippen LogP contribution in [0.25, 0.3) is 10.9 Å². The number of rotatable bonds is 3. The van der Waals surface area contributed by atoms with Crippen LogP contribution in [0, 0.1) is 0 Å². The molecule has 2 aromatic rings. The van der Waals surface area contributed by atoms with Crippen LogP contribution in [0.3, 0.4) is 0 Å². The number of hydrogen-bond donors (Lipinski definition) is 2. The second-order valence-electron chi connectivity index (χ2n) is 5.98. The molecule has 3 heterocycles. The third-order valence-corrected chi connectivity index (χ3v) is 5.29. The summed E-state index contributed by atoms with van der Waals surface area (Å²) in [6.07, 6.45) is 3.97. The van der Waals surface area contributed by atoms with Gasteiger partial charge in [-0.1, -0.05) is 29.8 Å². The molecule has 2 N–H and O–H groups in total. The van der Waals surface area contributed by atoms with Crippen LogP contribution in [0.5, 0.6) is 0 Å². The van der Waals surface area contributed by atoms with Gasteiger partial charge in [0.05, 0.1) is 5.02 Å². The van der Waals surface area contributed by atoms with Crippen molar-refractivity contribution in [2.45, 2.75) is 37.9 Å². The normalized spacial score (nSPS) is 26.4. The summed E-state index contributed by atoms with van der Waals surface area (Å²) in [6, 6.07) is 9.61. The maximum atomic E-state index is 6.47. The molecule has 2 aliphatic rings. The summed E-state index contributed by atoms with van der Waals surface area (Å²) in [4.78, 5) is 6.07. The minimum absolute atomic E-state index is 0.625. The van der Waals surface area contributed by atoms with Gasteiger partial charge in [-0.05, 0) is 31.9 Å². The minimum Gasteiger partial charge on any atom is -0.356 e. The van der Waals surface area contributed by atoms with E-state index in [4.69, 9.17) is 11.6 Å². The highest BCUT2D eigenvalue weighted by molar-refractivity contribution is 6.36. The summed E-state index contributed by atoms with van der Waals surface area (Å²) < 4.78 is 0. The molecule has 2 saturated heterocycles. The van der Waals surface area contributed by atoms with E-state index in [-0.39, 0.29) is 0 Å². The highest BCUT2D eigenvalue weighted by atomic mass is 35.5. The van der Waals surface area contributed by atoms with Crippen molar-refractivity contribution < 1.29 is 0 Å². The molecule has 2 aliphatic heterocycles. The summed E-state index contributed by atoms with van der Waals surface area (Å²) in [5, 5.41) is 5.71. The molecule has 0 saturated carbocycles. The van der Waals surface area contributed by atoms with Crippen LogP contribution in [0.1, 0.15) is 25.0 Å². The molecule has 2 atom stereocenters. The SMILES string of the molecule is Clc1c(CNC2CCN3CCCC23)[nH]c2ccccc12. The fourth-order valence-electron chi connectivity index (χ4n) is 3.84. The molecule has 3 nitrogen and oxygen atoms in total. The predicted octanol–water partition coefficient (Wildman–Crippen LogP) is 3.15. The molecule has 0 spiro atoms. The topological polar surface area (TPSA) is 31.1 Å². The molecule has 106 valence electrons. The van der Waals surface area contributed by atoms with Crippen molar-refractivity contribution in [2.75, 3.05) is 13.1 Å². The van der Waals surface area contributed by atoms with E-state index in [1.54, 1.807) is 0 Å². The van der Waals surface area contributed by atoms with Crippen LogP contribution in [0.15, 0.2) is 24.3 Å². The van der Waals surface area contributed by atoms with Crippen molar-refractivity contribution in [2.24, 2.45) is 0 Å². The lowest BCUT2D eigenvalue weighted by molar-refractivity contribution is 0.298. The zero-order valence-electron chi connectivity index (χ0n) is 11.5. The highest BCUT2D eigenvalue weighted by Crippen LogP contribution is 2.30. The molecular formula is C16H20ClN3. The lowest BCUT2D eigenvalue weighted by Crippen LogP contribution is -2.38. The van der Waals surface area contributed by atoms with E-state index in [1.165, 1.54) is 32.4 Å². The van der Waals surface area contributed by atoms with Gasteiger partial charge < -0.3 is 10.3 Å². The Labute approximate surface area is 124 Å². The quantitative estimate of drug-likeness (QED) is 0.909. The molecule has 0 amide bonds. The largest absolute Gasteiger partial charge is 0.356 e. The monoisotopic (exact) mass is 289 g/mol. The van der Waals surface area contributed by atoms with Gasteiger partial charge in [-0.15, -0.1) is 0 Å². The summed E-state index contributed by atoms with van der Waals surface area (Å²) >= 11 is 6.47. The summed E-state index contributed by atoms with van der Waals surface area (Å²) in [5.74, 6) is 0. The zero-order valence-corrected chi connectivity index (χ0v) is 12.3. The van der Waals surface area contributed by atoms with E-state index in [0.717, 1.165) is 34.2 Å². The van der Waals surface area contributed by atoms with E-state index >= 15 is 0 Å². The van der Waals surface area contributed by atoms with Crippen molar-refractivity contribution in [3.63, 3.8) is 0 Å². The fourth-order valence-corrected chi connectivity index (χ4v) is 4.12. The molecule has 20 heavy (non-hydrogen) atoms. The Kier molecular flexibility index (Phi) is 3.21. The van der Waals surface area contributed by atoms with Crippen LogP contribution >= 0.6 is 11.6 Å². The van der Waals surface area contributed by atoms with E-state index < -0.39 is 0 Å². The number of hydrogen-bond acceptors (Lipinski definition) is 2. The number of aromatic amines is 1. The minimum atomic E-state index is 0.625. The smallest absolute Gasteiger partial charge is 0.0705 e. The first-order valence-electron chi connectivity index (χ1n) is 7.55. The molecule has 2 unspecified atom stereocenters. The van der Waals surface area contributed by atoms with Gasteiger partial charge in [0, 0.05) is 41.8 Å². The van der Waals surface area contributed by atoms with Gasteiger partial charge >= 0.3 is 0 Å². The number of halogens is 1. The van der Waals surface area contributed by atoms with E-state index in [9.17, 15) is 0 Å². The van der Waals surface area contributed by atoms with Crippen LogP contribution in [0.4, 0.5) is 0 Å². The molecule has 4 heteroatoms. The third-order valence-electron chi connectivity index (χ3n) is 4.86. The number of nitrogens with zero attached hydrogens (tertiary/aromatic N) is 1. The number of H-pyrrole nitrogens is 1. The van der Waals surface area contributed by atoms with E-state index in [1.807, 2.05) is 12.1 Å². The molecule has 1 aromatic carbocycles. The van der Waals surface area contributed by atoms with Crippen molar-refractivity contribution >= 4 is 22.5 Å². The van der Waals surface area contributed by atoms with Gasteiger partial charge in [-0.2, -0.15) is 0 Å². The molecule has 2 fully saturated rings. The van der Waals surface area contributed by atoms with Crippen LogP contribution in [-0.4, -0.2) is 35.1 Å². The predicted molar refractivity (Wildman–Crippen MR) is 83.1 cm³/mol. The highest BCUT2D eigenvalue weighted by Gasteiger charge is 2.36. The Morgan fingerprint density at radius 2 is 2.15 bits per heavy atom. The first-order valence-corrected chi connectivity index (χ1v) is 7.93. The Morgan fingerprint density at radius 3 is 3.05 bits per heavy atom.